The standard InChI is InChI=1S/C21H24O6/c1-24-18-7-11(4-5-16(18)22)20-13-9-17(23)19(25-2)8-12(13)6-14-15(20)10-27-21(14)26-3/h4-5,7-9,14-15,20-23H,6,10H2,1-3H3/t14-,15-,20?,21?/m1/s1. The largest absolute Gasteiger partial charge is 0.504 e. The summed E-state index contributed by atoms with van der Waals surface area (Å²) in [6.07, 6.45) is 0.533. The summed E-state index contributed by atoms with van der Waals surface area (Å²) in [4.78, 5) is 0. The minimum atomic E-state index is -0.260. The molecule has 0 bridgehead atoms. The van der Waals surface area contributed by atoms with E-state index < -0.39 is 0 Å². The van der Waals surface area contributed by atoms with Crippen molar-refractivity contribution in [2.24, 2.45) is 11.8 Å². The number of aromatic hydroxyl groups is 2. The van der Waals surface area contributed by atoms with Crippen molar-refractivity contribution in [3.05, 3.63) is 47.0 Å². The van der Waals surface area contributed by atoms with Crippen molar-refractivity contribution in [1.29, 1.82) is 0 Å². The van der Waals surface area contributed by atoms with Gasteiger partial charge in [-0.25, -0.2) is 0 Å². The number of benzene rings is 2. The maximum Gasteiger partial charge on any atom is 0.160 e. The molecule has 2 aromatic carbocycles. The quantitative estimate of drug-likeness (QED) is 0.859. The zero-order valence-corrected chi connectivity index (χ0v) is 15.6. The Balaban J connectivity index is 1.87. The van der Waals surface area contributed by atoms with Crippen molar-refractivity contribution in [3.63, 3.8) is 0 Å². The van der Waals surface area contributed by atoms with Gasteiger partial charge in [0.15, 0.2) is 29.3 Å². The Hall–Kier alpha value is -2.44. The summed E-state index contributed by atoms with van der Waals surface area (Å²) < 4.78 is 22.1. The minimum Gasteiger partial charge on any atom is -0.504 e. The van der Waals surface area contributed by atoms with Crippen LogP contribution in [0.2, 0.25) is 0 Å². The van der Waals surface area contributed by atoms with E-state index in [2.05, 4.69) is 0 Å². The van der Waals surface area contributed by atoms with Crippen molar-refractivity contribution in [2.75, 3.05) is 27.9 Å². The molecule has 27 heavy (non-hydrogen) atoms. The molecule has 2 N–H and O–H groups in total. The first-order chi connectivity index (χ1) is 13.1. The molecular weight excluding hydrogens is 348 g/mol. The number of ether oxygens (including phenoxy) is 4. The fraction of sp³-hybridized carbons (Fsp3) is 0.429. The number of hydrogen-bond donors (Lipinski definition) is 2. The summed E-state index contributed by atoms with van der Waals surface area (Å²) in [6, 6.07) is 9.08. The van der Waals surface area contributed by atoms with Crippen LogP contribution in [0.15, 0.2) is 30.3 Å². The van der Waals surface area contributed by atoms with Crippen LogP contribution < -0.4 is 9.47 Å². The molecule has 0 saturated carbocycles. The second kappa shape index (κ2) is 6.94. The summed E-state index contributed by atoms with van der Waals surface area (Å²) in [5.74, 6) is 1.49. The van der Waals surface area contributed by atoms with E-state index in [0.717, 1.165) is 23.1 Å². The first-order valence-corrected chi connectivity index (χ1v) is 8.98. The average Bonchev–Trinajstić information content (AvgIpc) is 3.09. The molecule has 2 aromatic rings. The van der Waals surface area contributed by atoms with Gasteiger partial charge in [-0.2, -0.15) is 0 Å². The molecule has 144 valence electrons. The lowest BCUT2D eigenvalue weighted by molar-refractivity contribution is -0.110. The van der Waals surface area contributed by atoms with Crippen LogP contribution in [0, 0.1) is 11.8 Å². The molecule has 0 amide bonds. The molecule has 0 radical (unpaired) electrons. The lowest BCUT2D eigenvalue weighted by atomic mass is 9.67. The first kappa shape index (κ1) is 17.9. The first-order valence-electron chi connectivity index (χ1n) is 8.98. The highest BCUT2D eigenvalue weighted by Gasteiger charge is 2.47. The number of methoxy groups -OCH3 is 3. The van der Waals surface area contributed by atoms with Gasteiger partial charge in [-0.05, 0) is 47.4 Å². The number of phenols is 2. The SMILES string of the molecule is COc1cc(C2c3cc(O)c(OC)cc3C[C@H]3C(OC)OC[C@@H]23)ccc1O. The summed E-state index contributed by atoms with van der Waals surface area (Å²) in [7, 11) is 4.75. The Morgan fingerprint density at radius 3 is 2.37 bits per heavy atom. The Labute approximate surface area is 158 Å². The summed E-state index contributed by atoms with van der Waals surface area (Å²) >= 11 is 0. The van der Waals surface area contributed by atoms with Gasteiger partial charge in [0.25, 0.3) is 0 Å². The number of rotatable bonds is 4. The second-order valence-electron chi connectivity index (χ2n) is 7.10. The molecule has 0 aromatic heterocycles. The average molecular weight is 372 g/mol. The zero-order chi connectivity index (χ0) is 19.1. The summed E-state index contributed by atoms with van der Waals surface area (Å²) in [5, 5.41) is 20.4. The van der Waals surface area contributed by atoms with Crippen molar-refractivity contribution in [3.8, 4) is 23.0 Å². The molecule has 1 fully saturated rings. The third-order valence-corrected chi connectivity index (χ3v) is 5.81. The van der Waals surface area contributed by atoms with Gasteiger partial charge in [-0.3, -0.25) is 0 Å². The van der Waals surface area contributed by atoms with Gasteiger partial charge in [0.05, 0.1) is 20.8 Å². The van der Waals surface area contributed by atoms with Crippen molar-refractivity contribution in [2.45, 2.75) is 18.6 Å². The minimum absolute atomic E-state index is 0.00907. The Bertz CT molecular complexity index is 849. The van der Waals surface area contributed by atoms with Crippen molar-refractivity contribution >= 4 is 0 Å². The molecule has 1 aliphatic heterocycles. The highest BCUT2D eigenvalue weighted by molar-refractivity contribution is 5.53. The van der Waals surface area contributed by atoms with E-state index in [4.69, 9.17) is 18.9 Å². The van der Waals surface area contributed by atoms with Gasteiger partial charge in [0.2, 0.25) is 0 Å². The predicted octanol–water partition coefficient (Wildman–Crippen LogP) is 3.04. The van der Waals surface area contributed by atoms with Crippen LogP contribution in [-0.2, 0) is 15.9 Å². The van der Waals surface area contributed by atoms with Gasteiger partial charge >= 0.3 is 0 Å². The van der Waals surface area contributed by atoms with E-state index in [-0.39, 0.29) is 35.5 Å². The van der Waals surface area contributed by atoms with Crippen LogP contribution in [-0.4, -0.2) is 44.4 Å². The van der Waals surface area contributed by atoms with Gasteiger partial charge in [0.1, 0.15) is 0 Å². The van der Waals surface area contributed by atoms with Gasteiger partial charge in [-0.1, -0.05) is 6.07 Å². The highest BCUT2D eigenvalue weighted by Crippen LogP contribution is 2.51. The molecule has 1 aliphatic carbocycles. The Kier molecular flexibility index (Phi) is 4.61. The molecule has 6 heteroatoms. The summed E-state index contributed by atoms with van der Waals surface area (Å²) in [6.45, 7) is 0.573. The maximum atomic E-state index is 10.4. The molecule has 1 saturated heterocycles. The fourth-order valence-corrected chi connectivity index (χ4v) is 4.54. The monoisotopic (exact) mass is 372 g/mol. The Morgan fingerprint density at radius 1 is 0.926 bits per heavy atom. The normalized spacial score (nSPS) is 26.3. The molecular formula is C21H24O6. The smallest absolute Gasteiger partial charge is 0.160 e. The maximum absolute atomic E-state index is 10.4. The lowest BCUT2D eigenvalue weighted by Gasteiger charge is -2.36. The van der Waals surface area contributed by atoms with Crippen LogP contribution >= 0.6 is 0 Å². The van der Waals surface area contributed by atoms with Crippen molar-refractivity contribution < 1.29 is 29.2 Å². The lowest BCUT2D eigenvalue weighted by Crippen LogP contribution is -2.33. The molecule has 4 atom stereocenters. The number of fused-ring (bicyclic) bond motifs is 2. The van der Waals surface area contributed by atoms with E-state index in [1.807, 2.05) is 18.2 Å². The topological polar surface area (TPSA) is 77.4 Å². The van der Waals surface area contributed by atoms with E-state index in [1.165, 1.54) is 7.11 Å². The third-order valence-electron chi connectivity index (χ3n) is 5.81. The Morgan fingerprint density at radius 2 is 1.67 bits per heavy atom. The molecule has 1 heterocycles. The highest BCUT2D eigenvalue weighted by atomic mass is 16.7. The van der Waals surface area contributed by atoms with E-state index >= 15 is 0 Å². The van der Waals surface area contributed by atoms with Crippen molar-refractivity contribution in [1.82, 2.24) is 0 Å². The van der Waals surface area contributed by atoms with Crippen LogP contribution in [0.5, 0.6) is 23.0 Å². The predicted molar refractivity (Wildman–Crippen MR) is 98.6 cm³/mol. The van der Waals surface area contributed by atoms with Gasteiger partial charge in [-0.15, -0.1) is 0 Å². The van der Waals surface area contributed by atoms with Crippen LogP contribution in [0.4, 0.5) is 0 Å². The fourth-order valence-electron chi connectivity index (χ4n) is 4.54. The zero-order valence-electron chi connectivity index (χ0n) is 15.6. The number of phenolic OH excluding ortho intramolecular Hbond substituents is 2. The van der Waals surface area contributed by atoms with Crippen LogP contribution in [0.3, 0.4) is 0 Å². The molecule has 4 rings (SSSR count). The van der Waals surface area contributed by atoms with E-state index in [1.54, 1.807) is 26.4 Å². The third kappa shape index (κ3) is 2.89. The van der Waals surface area contributed by atoms with Crippen LogP contribution in [0.25, 0.3) is 0 Å². The molecule has 2 aliphatic rings. The molecule has 6 nitrogen and oxygen atoms in total. The molecule has 0 spiro atoms. The summed E-state index contributed by atoms with van der Waals surface area (Å²) in [5.41, 5.74) is 3.16. The second-order valence-corrected chi connectivity index (χ2v) is 7.10. The molecule has 2 unspecified atom stereocenters. The van der Waals surface area contributed by atoms with Crippen LogP contribution in [0.1, 0.15) is 22.6 Å². The van der Waals surface area contributed by atoms with E-state index in [9.17, 15) is 10.2 Å². The van der Waals surface area contributed by atoms with Gasteiger partial charge in [0, 0.05) is 24.9 Å². The number of hydrogen-bond acceptors (Lipinski definition) is 6. The van der Waals surface area contributed by atoms with Gasteiger partial charge < -0.3 is 29.2 Å². The van der Waals surface area contributed by atoms with E-state index in [0.29, 0.717) is 18.1 Å².